The zero-order chi connectivity index (χ0) is 15.5. The van der Waals surface area contributed by atoms with Crippen molar-refractivity contribution in [3.8, 4) is 11.1 Å². The summed E-state index contributed by atoms with van der Waals surface area (Å²) < 4.78 is 32.4. The van der Waals surface area contributed by atoms with Crippen molar-refractivity contribution >= 4 is 26.7 Å². The number of hydrogen-bond acceptors (Lipinski definition) is 3. The second-order valence-corrected chi connectivity index (χ2v) is 6.65. The third-order valence-electron chi connectivity index (χ3n) is 3.95. The van der Waals surface area contributed by atoms with E-state index < -0.39 is 10.1 Å². The van der Waals surface area contributed by atoms with Crippen LogP contribution in [0.25, 0.3) is 21.9 Å². The maximum absolute atomic E-state index is 12.6. The first-order valence-electron chi connectivity index (χ1n) is 6.65. The second kappa shape index (κ2) is 4.25. The summed E-state index contributed by atoms with van der Waals surface area (Å²) in [5.74, 6) is -0.0756. The van der Waals surface area contributed by atoms with Crippen molar-refractivity contribution in [2.45, 2.75) is 4.90 Å². The monoisotopic (exact) mass is 310 g/mol. The fourth-order valence-corrected chi connectivity index (χ4v) is 3.55. The lowest BCUT2D eigenvalue weighted by Gasteiger charge is -2.20. The Hall–Kier alpha value is -2.50. The van der Waals surface area contributed by atoms with Gasteiger partial charge in [-0.3, -0.25) is 9.35 Å². The number of rotatable bonds is 1. The minimum Gasteiger partial charge on any atom is -0.289 e. The van der Waals surface area contributed by atoms with Crippen LogP contribution >= 0.6 is 0 Å². The Labute approximate surface area is 126 Å². The summed E-state index contributed by atoms with van der Waals surface area (Å²) in [6.45, 7) is 0. The molecule has 3 aromatic carbocycles. The maximum atomic E-state index is 12.6. The summed E-state index contributed by atoms with van der Waals surface area (Å²) in [5.41, 5.74) is 2.42. The molecule has 0 radical (unpaired) electrons. The van der Waals surface area contributed by atoms with Crippen molar-refractivity contribution in [1.82, 2.24) is 0 Å². The molecule has 1 N–H and O–H groups in total. The molecule has 0 saturated carbocycles. The molecular weight excluding hydrogens is 300 g/mol. The van der Waals surface area contributed by atoms with E-state index in [1.54, 1.807) is 42.5 Å². The SMILES string of the molecule is O=C1c2ccccc2-c2cc(S(=O)(=O)O)cc3cccc1c23. The topological polar surface area (TPSA) is 71.4 Å². The van der Waals surface area contributed by atoms with E-state index in [0.717, 1.165) is 5.39 Å². The lowest BCUT2D eigenvalue weighted by molar-refractivity contribution is 0.104. The highest BCUT2D eigenvalue weighted by atomic mass is 32.2. The summed E-state index contributed by atoms with van der Waals surface area (Å²) in [5, 5.41) is 1.34. The summed E-state index contributed by atoms with van der Waals surface area (Å²) in [6.07, 6.45) is 0. The zero-order valence-corrected chi connectivity index (χ0v) is 12.1. The largest absolute Gasteiger partial charge is 0.294 e. The van der Waals surface area contributed by atoms with E-state index in [0.29, 0.717) is 27.6 Å². The molecule has 1 aliphatic rings. The van der Waals surface area contributed by atoms with Crippen LogP contribution in [0.4, 0.5) is 0 Å². The lowest BCUT2D eigenvalue weighted by atomic mass is 9.83. The van der Waals surface area contributed by atoms with E-state index in [1.165, 1.54) is 12.1 Å². The predicted octanol–water partition coefficient (Wildman–Crippen LogP) is 3.30. The van der Waals surface area contributed by atoms with Gasteiger partial charge in [0.2, 0.25) is 0 Å². The van der Waals surface area contributed by atoms with E-state index in [1.807, 2.05) is 0 Å². The van der Waals surface area contributed by atoms with Crippen LogP contribution < -0.4 is 0 Å². The van der Waals surface area contributed by atoms with Crippen LogP contribution in [-0.4, -0.2) is 18.8 Å². The van der Waals surface area contributed by atoms with Gasteiger partial charge in [-0.25, -0.2) is 0 Å². The smallest absolute Gasteiger partial charge is 0.289 e. The van der Waals surface area contributed by atoms with Gasteiger partial charge in [0.05, 0.1) is 4.90 Å². The Morgan fingerprint density at radius 1 is 0.773 bits per heavy atom. The highest BCUT2D eigenvalue weighted by Gasteiger charge is 2.26. The molecular formula is C17H10O4S. The molecule has 0 unspecified atom stereocenters. The van der Waals surface area contributed by atoms with E-state index >= 15 is 0 Å². The highest BCUT2D eigenvalue weighted by molar-refractivity contribution is 7.85. The molecule has 22 heavy (non-hydrogen) atoms. The van der Waals surface area contributed by atoms with Crippen molar-refractivity contribution in [2.24, 2.45) is 0 Å². The quantitative estimate of drug-likeness (QED) is 0.548. The molecule has 0 fully saturated rings. The third-order valence-corrected chi connectivity index (χ3v) is 4.79. The van der Waals surface area contributed by atoms with Gasteiger partial charge in [-0.05, 0) is 28.6 Å². The Bertz CT molecular complexity index is 1070. The van der Waals surface area contributed by atoms with Crippen LogP contribution in [0.5, 0.6) is 0 Å². The van der Waals surface area contributed by atoms with Crippen molar-refractivity contribution in [3.63, 3.8) is 0 Å². The number of hydrogen-bond donors (Lipinski definition) is 1. The van der Waals surface area contributed by atoms with Crippen LogP contribution in [0.2, 0.25) is 0 Å². The van der Waals surface area contributed by atoms with E-state index in [9.17, 15) is 17.8 Å². The van der Waals surface area contributed by atoms with Gasteiger partial charge in [-0.2, -0.15) is 8.42 Å². The van der Waals surface area contributed by atoms with Gasteiger partial charge in [0, 0.05) is 16.5 Å². The summed E-state index contributed by atoms with van der Waals surface area (Å²) >= 11 is 0. The number of ketones is 1. The van der Waals surface area contributed by atoms with Crippen LogP contribution in [-0.2, 0) is 10.1 Å². The Kier molecular flexibility index (Phi) is 2.55. The standard InChI is InChI=1S/C17H10O4S/c18-17-13-6-2-1-5-12(13)15-9-11(22(19,20)21)8-10-4-3-7-14(17)16(10)15/h1-9H,(H,19,20,21). The number of carbonyl (C=O) groups excluding carboxylic acids is 1. The summed E-state index contributed by atoms with van der Waals surface area (Å²) in [4.78, 5) is 12.4. The first-order valence-corrected chi connectivity index (χ1v) is 8.09. The molecule has 5 heteroatoms. The van der Waals surface area contributed by atoms with Crippen LogP contribution in [0.1, 0.15) is 15.9 Å². The molecule has 4 nitrogen and oxygen atoms in total. The minimum atomic E-state index is -4.32. The van der Waals surface area contributed by atoms with Gasteiger partial charge < -0.3 is 0 Å². The first-order chi connectivity index (χ1) is 10.5. The lowest BCUT2D eigenvalue weighted by Crippen LogP contribution is -2.10. The zero-order valence-electron chi connectivity index (χ0n) is 11.3. The molecule has 108 valence electrons. The Morgan fingerprint density at radius 3 is 2.18 bits per heavy atom. The summed E-state index contributed by atoms with van der Waals surface area (Å²) in [6, 6.07) is 15.1. The summed E-state index contributed by atoms with van der Waals surface area (Å²) in [7, 11) is -4.32. The first kappa shape index (κ1) is 13.2. The average molecular weight is 310 g/mol. The average Bonchev–Trinajstić information content (AvgIpc) is 2.51. The molecule has 0 saturated heterocycles. The fraction of sp³-hybridized carbons (Fsp3) is 0. The van der Waals surface area contributed by atoms with Gasteiger partial charge in [0.25, 0.3) is 10.1 Å². The molecule has 0 amide bonds. The predicted molar refractivity (Wildman–Crippen MR) is 82.6 cm³/mol. The van der Waals surface area contributed by atoms with E-state index in [-0.39, 0.29) is 10.7 Å². The van der Waals surface area contributed by atoms with Gasteiger partial charge in [-0.1, -0.05) is 42.5 Å². The molecule has 0 aromatic heterocycles. The Balaban J connectivity index is 2.25. The highest BCUT2D eigenvalue weighted by Crippen LogP contribution is 2.40. The fourth-order valence-electron chi connectivity index (χ4n) is 3.01. The molecule has 0 aliphatic heterocycles. The van der Waals surface area contributed by atoms with Crippen LogP contribution in [0.15, 0.2) is 59.5 Å². The molecule has 0 bridgehead atoms. The molecule has 4 rings (SSSR count). The van der Waals surface area contributed by atoms with Crippen molar-refractivity contribution in [3.05, 3.63) is 65.7 Å². The second-order valence-electron chi connectivity index (χ2n) is 5.22. The molecule has 1 aliphatic carbocycles. The third kappa shape index (κ3) is 1.73. The van der Waals surface area contributed by atoms with Crippen molar-refractivity contribution in [2.75, 3.05) is 0 Å². The maximum Gasteiger partial charge on any atom is 0.294 e. The van der Waals surface area contributed by atoms with E-state index in [4.69, 9.17) is 0 Å². The minimum absolute atomic E-state index is 0.0756. The number of carbonyl (C=O) groups is 1. The molecule has 0 atom stereocenters. The van der Waals surface area contributed by atoms with Crippen LogP contribution in [0, 0.1) is 0 Å². The molecule has 0 spiro atoms. The van der Waals surface area contributed by atoms with Crippen LogP contribution in [0.3, 0.4) is 0 Å². The number of benzene rings is 3. The van der Waals surface area contributed by atoms with Gasteiger partial charge in [-0.15, -0.1) is 0 Å². The van der Waals surface area contributed by atoms with Gasteiger partial charge in [0.15, 0.2) is 5.78 Å². The Morgan fingerprint density at radius 2 is 1.45 bits per heavy atom. The van der Waals surface area contributed by atoms with Gasteiger partial charge in [0.1, 0.15) is 0 Å². The van der Waals surface area contributed by atoms with E-state index in [2.05, 4.69) is 0 Å². The van der Waals surface area contributed by atoms with Crippen molar-refractivity contribution < 1.29 is 17.8 Å². The van der Waals surface area contributed by atoms with Gasteiger partial charge >= 0.3 is 0 Å². The molecule has 0 heterocycles. The number of fused-ring (bicyclic) bond motifs is 2. The molecule has 3 aromatic rings. The normalized spacial score (nSPS) is 13.2. The van der Waals surface area contributed by atoms with Crippen molar-refractivity contribution in [1.29, 1.82) is 0 Å².